The van der Waals surface area contributed by atoms with Gasteiger partial charge in [-0.2, -0.15) is 5.10 Å². The Hall–Kier alpha value is -3.16. The van der Waals surface area contributed by atoms with E-state index in [9.17, 15) is 9.59 Å². The summed E-state index contributed by atoms with van der Waals surface area (Å²) in [4.78, 5) is 27.3. The fourth-order valence-corrected chi connectivity index (χ4v) is 4.72. The number of carbonyl (C=O) groups excluding carboxylic acids is 2. The number of halogens is 1. The Labute approximate surface area is 190 Å². The Morgan fingerprint density at radius 2 is 1.94 bits per heavy atom. The van der Waals surface area contributed by atoms with Crippen molar-refractivity contribution in [3.05, 3.63) is 76.1 Å². The minimum absolute atomic E-state index is 0.105. The van der Waals surface area contributed by atoms with Crippen LogP contribution in [-0.4, -0.2) is 41.9 Å². The van der Waals surface area contributed by atoms with Gasteiger partial charge in [-0.1, -0.05) is 29.8 Å². The van der Waals surface area contributed by atoms with E-state index in [4.69, 9.17) is 22.1 Å². The first kappa shape index (κ1) is 20.7. The number of hydrogen-bond acceptors (Lipinski definition) is 4. The van der Waals surface area contributed by atoms with Crippen molar-refractivity contribution in [3.8, 4) is 5.69 Å². The number of ether oxygens (including phenoxy) is 1. The standard InChI is InChI=1S/C24H23ClN4O3/c1-32-14-24(10-11-24)15-5-7-17(8-6-15)28-12-9-19-20(22(26)30)27-29(21(19)23(28)31)18-4-2-3-16(25)13-18/h2-8,13H,9-12,14H2,1H3,(H2,26,30). The van der Waals surface area contributed by atoms with E-state index in [1.165, 1.54) is 10.2 Å². The Morgan fingerprint density at radius 1 is 1.19 bits per heavy atom. The normalized spacial score (nSPS) is 16.7. The molecule has 0 bridgehead atoms. The van der Waals surface area contributed by atoms with Crippen molar-refractivity contribution >= 4 is 29.1 Å². The van der Waals surface area contributed by atoms with Gasteiger partial charge in [-0.15, -0.1) is 0 Å². The molecule has 7 nitrogen and oxygen atoms in total. The molecule has 1 saturated carbocycles. The smallest absolute Gasteiger partial charge is 0.277 e. The lowest BCUT2D eigenvalue weighted by molar-refractivity contribution is 0.0972. The van der Waals surface area contributed by atoms with Gasteiger partial charge in [0, 0.05) is 35.3 Å². The highest BCUT2D eigenvalue weighted by atomic mass is 35.5. The van der Waals surface area contributed by atoms with E-state index in [2.05, 4.69) is 17.2 Å². The molecule has 1 fully saturated rings. The van der Waals surface area contributed by atoms with Crippen LogP contribution in [0.1, 0.15) is 44.9 Å². The number of aromatic nitrogens is 2. The average Bonchev–Trinajstić information content (AvgIpc) is 3.45. The van der Waals surface area contributed by atoms with Crippen molar-refractivity contribution in [2.24, 2.45) is 5.73 Å². The molecule has 2 N–H and O–H groups in total. The summed E-state index contributed by atoms with van der Waals surface area (Å²) >= 11 is 6.15. The monoisotopic (exact) mass is 450 g/mol. The average molecular weight is 451 g/mol. The van der Waals surface area contributed by atoms with Crippen molar-refractivity contribution < 1.29 is 14.3 Å². The molecule has 1 aromatic heterocycles. The minimum atomic E-state index is -0.652. The number of rotatable bonds is 6. The number of amides is 2. The van der Waals surface area contributed by atoms with Crippen molar-refractivity contribution in [1.29, 1.82) is 0 Å². The molecule has 8 heteroatoms. The number of hydrogen-bond donors (Lipinski definition) is 1. The number of benzene rings is 2. The predicted octanol–water partition coefficient (Wildman–Crippen LogP) is 3.51. The van der Waals surface area contributed by atoms with E-state index in [-0.39, 0.29) is 17.0 Å². The zero-order valence-electron chi connectivity index (χ0n) is 17.7. The van der Waals surface area contributed by atoms with Gasteiger partial charge in [-0.3, -0.25) is 9.59 Å². The lowest BCUT2D eigenvalue weighted by atomic mass is 9.96. The molecule has 2 heterocycles. The summed E-state index contributed by atoms with van der Waals surface area (Å²) in [7, 11) is 1.72. The Bertz CT molecular complexity index is 1210. The molecule has 0 atom stereocenters. The highest BCUT2D eigenvalue weighted by Gasteiger charge is 2.44. The fraction of sp³-hybridized carbons (Fsp3) is 0.292. The van der Waals surface area contributed by atoms with Gasteiger partial charge in [0.25, 0.3) is 11.8 Å². The van der Waals surface area contributed by atoms with Crippen molar-refractivity contribution in [2.75, 3.05) is 25.2 Å². The van der Waals surface area contributed by atoms with Gasteiger partial charge in [0.05, 0.1) is 12.3 Å². The van der Waals surface area contributed by atoms with E-state index in [1.54, 1.807) is 36.3 Å². The SMILES string of the molecule is COCC1(c2ccc(N3CCc4c(C(N)=O)nn(-c5cccc(Cl)c5)c4C3=O)cc2)CC1. The van der Waals surface area contributed by atoms with Gasteiger partial charge in [0.15, 0.2) is 5.69 Å². The zero-order valence-corrected chi connectivity index (χ0v) is 18.4. The molecule has 32 heavy (non-hydrogen) atoms. The second-order valence-corrected chi connectivity index (χ2v) is 8.84. The van der Waals surface area contributed by atoms with Crippen LogP contribution < -0.4 is 10.6 Å². The molecule has 1 aliphatic carbocycles. The molecule has 5 rings (SSSR count). The molecule has 0 saturated heterocycles. The maximum atomic E-state index is 13.6. The molecule has 0 spiro atoms. The Kier molecular flexibility index (Phi) is 5.03. The van der Waals surface area contributed by atoms with Crippen molar-refractivity contribution in [3.63, 3.8) is 0 Å². The summed E-state index contributed by atoms with van der Waals surface area (Å²) in [6.07, 6.45) is 2.71. The quantitative estimate of drug-likeness (QED) is 0.622. The van der Waals surface area contributed by atoms with Crippen LogP contribution in [-0.2, 0) is 16.6 Å². The summed E-state index contributed by atoms with van der Waals surface area (Å²) in [5.74, 6) is -0.877. The molecule has 3 aromatic rings. The van der Waals surface area contributed by atoms with E-state index in [0.29, 0.717) is 41.5 Å². The molecule has 0 unspecified atom stereocenters. The van der Waals surface area contributed by atoms with Crippen LogP contribution in [0.2, 0.25) is 5.02 Å². The van der Waals surface area contributed by atoms with Crippen molar-refractivity contribution in [1.82, 2.24) is 9.78 Å². The number of carbonyl (C=O) groups is 2. The Morgan fingerprint density at radius 3 is 2.56 bits per heavy atom. The summed E-state index contributed by atoms with van der Waals surface area (Å²) in [6, 6.07) is 15.1. The van der Waals surface area contributed by atoms with Crippen LogP contribution in [0, 0.1) is 0 Å². The Balaban J connectivity index is 1.52. The van der Waals surface area contributed by atoms with Gasteiger partial charge < -0.3 is 15.4 Å². The number of primary amides is 1. The first-order chi connectivity index (χ1) is 15.4. The van der Waals surface area contributed by atoms with Gasteiger partial charge >= 0.3 is 0 Å². The first-order valence-corrected chi connectivity index (χ1v) is 10.9. The van der Waals surface area contributed by atoms with Gasteiger partial charge in [-0.05, 0) is 55.2 Å². The van der Waals surface area contributed by atoms with Crippen molar-refractivity contribution in [2.45, 2.75) is 24.7 Å². The molecular formula is C24H23ClN4O3. The third-order valence-corrected chi connectivity index (χ3v) is 6.60. The maximum absolute atomic E-state index is 13.6. The fourth-order valence-electron chi connectivity index (χ4n) is 4.54. The second kappa shape index (κ2) is 7.76. The van der Waals surface area contributed by atoms with Crippen LogP contribution >= 0.6 is 11.6 Å². The van der Waals surface area contributed by atoms with E-state index >= 15 is 0 Å². The maximum Gasteiger partial charge on any atom is 0.277 e. The zero-order chi connectivity index (χ0) is 22.5. The molecule has 2 aromatic carbocycles. The molecule has 2 amide bonds. The molecule has 2 aliphatic rings. The molecule has 164 valence electrons. The van der Waals surface area contributed by atoms with Crippen LogP contribution in [0.15, 0.2) is 48.5 Å². The second-order valence-electron chi connectivity index (χ2n) is 8.40. The van der Waals surface area contributed by atoms with Crippen LogP contribution in [0.3, 0.4) is 0 Å². The number of fused-ring (bicyclic) bond motifs is 1. The largest absolute Gasteiger partial charge is 0.384 e. The summed E-state index contributed by atoms with van der Waals surface area (Å²) in [6.45, 7) is 1.14. The van der Waals surface area contributed by atoms with Crippen LogP contribution in [0.4, 0.5) is 5.69 Å². The summed E-state index contributed by atoms with van der Waals surface area (Å²) in [5, 5.41) is 4.89. The highest BCUT2D eigenvalue weighted by molar-refractivity contribution is 6.30. The summed E-state index contributed by atoms with van der Waals surface area (Å²) < 4.78 is 6.86. The first-order valence-electron chi connectivity index (χ1n) is 10.5. The minimum Gasteiger partial charge on any atom is -0.384 e. The predicted molar refractivity (Wildman–Crippen MR) is 122 cm³/mol. The highest BCUT2D eigenvalue weighted by Crippen LogP contribution is 2.48. The number of methoxy groups -OCH3 is 1. The molecular weight excluding hydrogens is 428 g/mol. The number of anilines is 1. The number of nitrogens with two attached hydrogens (primary N) is 1. The lowest BCUT2D eigenvalue weighted by Gasteiger charge is -2.28. The van der Waals surface area contributed by atoms with Crippen LogP contribution in [0.5, 0.6) is 0 Å². The third kappa shape index (κ3) is 3.38. The van der Waals surface area contributed by atoms with E-state index in [1.807, 2.05) is 12.1 Å². The van der Waals surface area contributed by atoms with Crippen LogP contribution in [0.25, 0.3) is 5.69 Å². The lowest BCUT2D eigenvalue weighted by Crippen LogP contribution is -2.39. The summed E-state index contributed by atoms with van der Waals surface area (Å²) in [5.41, 5.74) is 9.34. The topological polar surface area (TPSA) is 90.4 Å². The van der Waals surface area contributed by atoms with E-state index < -0.39 is 5.91 Å². The number of nitrogens with zero attached hydrogens (tertiary/aromatic N) is 3. The third-order valence-electron chi connectivity index (χ3n) is 6.37. The van der Waals surface area contributed by atoms with E-state index in [0.717, 1.165) is 18.5 Å². The molecule has 0 radical (unpaired) electrons. The molecule has 1 aliphatic heterocycles. The van der Waals surface area contributed by atoms with Gasteiger partial charge in [0.2, 0.25) is 0 Å². The van der Waals surface area contributed by atoms with Gasteiger partial charge in [-0.25, -0.2) is 4.68 Å². The van der Waals surface area contributed by atoms with Gasteiger partial charge in [0.1, 0.15) is 5.69 Å².